The normalized spacial score (nSPS) is 10.9. The summed E-state index contributed by atoms with van der Waals surface area (Å²) in [6.07, 6.45) is 1.37. The Bertz CT molecular complexity index is 824. The summed E-state index contributed by atoms with van der Waals surface area (Å²) in [4.78, 5) is 20.0. The van der Waals surface area contributed by atoms with Gasteiger partial charge in [0, 0.05) is 17.9 Å². The van der Waals surface area contributed by atoms with Crippen LogP contribution in [-0.2, 0) is 11.2 Å². The van der Waals surface area contributed by atoms with Crippen LogP contribution in [0, 0.1) is 6.92 Å². The highest BCUT2D eigenvalue weighted by Gasteiger charge is 2.09. The van der Waals surface area contributed by atoms with Crippen molar-refractivity contribution >= 4 is 34.4 Å². The summed E-state index contributed by atoms with van der Waals surface area (Å²) < 4.78 is 0. The molecule has 124 valence electrons. The lowest BCUT2D eigenvalue weighted by atomic mass is 10.1. The van der Waals surface area contributed by atoms with Crippen LogP contribution in [0.5, 0.6) is 0 Å². The molecule has 1 amide bonds. The van der Waals surface area contributed by atoms with Crippen molar-refractivity contribution in [3.8, 4) is 0 Å². The number of benzene rings is 2. The van der Waals surface area contributed by atoms with Gasteiger partial charge in [0.15, 0.2) is 5.16 Å². The molecule has 0 saturated heterocycles. The zero-order valence-electron chi connectivity index (χ0n) is 13.9. The van der Waals surface area contributed by atoms with Crippen molar-refractivity contribution in [2.75, 3.05) is 11.1 Å². The molecule has 4 nitrogen and oxygen atoms in total. The second-order valence-electron chi connectivity index (χ2n) is 5.67. The maximum absolute atomic E-state index is 12.2. The maximum Gasteiger partial charge on any atom is 0.225 e. The summed E-state index contributed by atoms with van der Waals surface area (Å²) in [5.74, 6) is 0.738. The summed E-state index contributed by atoms with van der Waals surface area (Å²) in [7, 11) is 0. The molecule has 0 atom stereocenters. The van der Waals surface area contributed by atoms with Gasteiger partial charge in [0.1, 0.15) is 0 Å². The van der Waals surface area contributed by atoms with Crippen molar-refractivity contribution in [3.63, 3.8) is 0 Å². The van der Waals surface area contributed by atoms with Gasteiger partial charge in [-0.25, -0.2) is 4.98 Å². The Morgan fingerprint density at radius 3 is 2.83 bits per heavy atom. The van der Waals surface area contributed by atoms with Crippen LogP contribution in [0.3, 0.4) is 0 Å². The number of carbonyl (C=O) groups is 1. The molecule has 0 aliphatic rings. The van der Waals surface area contributed by atoms with Gasteiger partial charge in [-0.15, -0.1) is 0 Å². The van der Waals surface area contributed by atoms with Crippen molar-refractivity contribution in [3.05, 3.63) is 53.6 Å². The van der Waals surface area contributed by atoms with Crippen LogP contribution >= 0.6 is 11.8 Å². The van der Waals surface area contributed by atoms with Gasteiger partial charge < -0.3 is 10.3 Å². The van der Waals surface area contributed by atoms with Gasteiger partial charge in [-0.3, -0.25) is 4.79 Å². The smallest absolute Gasteiger partial charge is 0.225 e. The molecule has 5 heteroatoms. The van der Waals surface area contributed by atoms with E-state index in [1.807, 2.05) is 43.3 Å². The average molecular weight is 339 g/mol. The van der Waals surface area contributed by atoms with Gasteiger partial charge in [-0.2, -0.15) is 0 Å². The van der Waals surface area contributed by atoms with Crippen LogP contribution in [0.25, 0.3) is 11.0 Å². The Kier molecular flexibility index (Phi) is 5.20. The molecule has 0 aliphatic heterocycles. The molecule has 0 bridgehead atoms. The fraction of sp³-hybridized carbons (Fsp3) is 0.263. The minimum atomic E-state index is 0.0441. The predicted molar refractivity (Wildman–Crippen MR) is 101 cm³/mol. The van der Waals surface area contributed by atoms with Gasteiger partial charge in [-0.1, -0.05) is 49.0 Å². The third kappa shape index (κ3) is 3.79. The molecular formula is C19H21N3OS. The van der Waals surface area contributed by atoms with E-state index in [-0.39, 0.29) is 5.91 Å². The second kappa shape index (κ2) is 7.53. The van der Waals surface area contributed by atoms with Crippen LogP contribution in [0.2, 0.25) is 0 Å². The van der Waals surface area contributed by atoms with Gasteiger partial charge >= 0.3 is 0 Å². The maximum atomic E-state index is 12.2. The monoisotopic (exact) mass is 339 g/mol. The molecule has 0 spiro atoms. The number of amides is 1. The first-order chi connectivity index (χ1) is 11.7. The number of imidazole rings is 1. The number of hydrogen-bond acceptors (Lipinski definition) is 3. The first-order valence-electron chi connectivity index (χ1n) is 8.13. The van der Waals surface area contributed by atoms with E-state index in [9.17, 15) is 4.79 Å². The number of carbonyl (C=O) groups excluding carboxylic acids is 1. The zero-order chi connectivity index (χ0) is 16.9. The number of hydrogen-bond donors (Lipinski definition) is 2. The van der Waals surface area contributed by atoms with Crippen LogP contribution < -0.4 is 5.32 Å². The SMILES string of the molecule is CCc1cccc(C)c1NC(=O)CCSc1nc2ccccc2[nH]1. The van der Waals surface area contributed by atoms with E-state index in [0.29, 0.717) is 12.2 Å². The quantitative estimate of drug-likeness (QED) is 0.648. The second-order valence-corrected chi connectivity index (χ2v) is 6.75. The fourth-order valence-corrected chi connectivity index (χ4v) is 3.47. The van der Waals surface area contributed by atoms with Gasteiger partial charge in [0.05, 0.1) is 11.0 Å². The number of para-hydroxylation sites is 3. The number of aryl methyl sites for hydroxylation is 2. The number of aromatic amines is 1. The lowest BCUT2D eigenvalue weighted by molar-refractivity contribution is -0.115. The number of fused-ring (bicyclic) bond motifs is 1. The Hall–Kier alpha value is -2.27. The average Bonchev–Trinajstić information content (AvgIpc) is 2.99. The lowest BCUT2D eigenvalue weighted by Crippen LogP contribution is -2.14. The van der Waals surface area contributed by atoms with Crippen molar-refractivity contribution in [2.24, 2.45) is 0 Å². The summed E-state index contributed by atoms with van der Waals surface area (Å²) >= 11 is 1.57. The standard InChI is InChI=1S/C19H21N3OS/c1-3-14-8-6-7-13(2)18(14)22-17(23)11-12-24-19-20-15-9-4-5-10-16(15)21-19/h4-10H,3,11-12H2,1-2H3,(H,20,21)(H,22,23). The highest BCUT2D eigenvalue weighted by molar-refractivity contribution is 7.99. The minimum absolute atomic E-state index is 0.0441. The third-order valence-corrected chi connectivity index (χ3v) is 4.81. The topological polar surface area (TPSA) is 57.8 Å². The Balaban J connectivity index is 1.56. The number of nitrogens with one attached hydrogen (secondary N) is 2. The van der Waals surface area contributed by atoms with Crippen molar-refractivity contribution in [1.82, 2.24) is 9.97 Å². The van der Waals surface area contributed by atoms with Crippen molar-refractivity contribution < 1.29 is 4.79 Å². The molecule has 0 unspecified atom stereocenters. The number of aromatic nitrogens is 2. The summed E-state index contributed by atoms with van der Waals surface area (Å²) in [5.41, 5.74) is 5.22. The first-order valence-corrected chi connectivity index (χ1v) is 9.12. The zero-order valence-corrected chi connectivity index (χ0v) is 14.7. The minimum Gasteiger partial charge on any atom is -0.333 e. The van der Waals surface area contributed by atoms with E-state index in [2.05, 4.69) is 28.3 Å². The molecule has 0 radical (unpaired) electrons. The summed E-state index contributed by atoms with van der Waals surface area (Å²) in [6.45, 7) is 4.12. The van der Waals surface area contributed by atoms with Crippen LogP contribution in [0.1, 0.15) is 24.5 Å². The number of H-pyrrole nitrogens is 1. The number of anilines is 1. The van der Waals surface area contributed by atoms with Gasteiger partial charge in [0.2, 0.25) is 5.91 Å². The highest BCUT2D eigenvalue weighted by atomic mass is 32.2. The molecule has 1 aromatic heterocycles. The Morgan fingerprint density at radius 1 is 1.21 bits per heavy atom. The molecule has 24 heavy (non-hydrogen) atoms. The molecule has 0 fully saturated rings. The fourth-order valence-electron chi connectivity index (χ4n) is 2.64. The summed E-state index contributed by atoms with van der Waals surface area (Å²) in [5, 5.41) is 3.92. The van der Waals surface area contributed by atoms with E-state index in [0.717, 1.165) is 33.9 Å². The Morgan fingerprint density at radius 2 is 2.04 bits per heavy atom. The molecule has 3 rings (SSSR count). The van der Waals surface area contributed by atoms with E-state index in [4.69, 9.17) is 0 Å². The van der Waals surface area contributed by atoms with E-state index < -0.39 is 0 Å². The molecule has 0 saturated carbocycles. The predicted octanol–water partition coefficient (Wildman–Crippen LogP) is 4.55. The molecule has 2 N–H and O–H groups in total. The highest BCUT2D eigenvalue weighted by Crippen LogP contribution is 2.23. The number of thioether (sulfide) groups is 1. The van der Waals surface area contributed by atoms with Crippen LogP contribution in [0.4, 0.5) is 5.69 Å². The van der Waals surface area contributed by atoms with Gasteiger partial charge in [0.25, 0.3) is 0 Å². The lowest BCUT2D eigenvalue weighted by Gasteiger charge is -2.12. The molecular weight excluding hydrogens is 318 g/mol. The number of rotatable bonds is 6. The summed E-state index contributed by atoms with van der Waals surface area (Å²) in [6, 6.07) is 14.1. The van der Waals surface area contributed by atoms with E-state index in [1.165, 1.54) is 5.56 Å². The van der Waals surface area contributed by atoms with E-state index >= 15 is 0 Å². The Labute approximate surface area is 146 Å². The van der Waals surface area contributed by atoms with Gasteiger partial charge in [-0.05, 0) is 36.6 Å². The number of nitrogens with zero attached hydrogens (tertiary/aromatic N) is 1. The largest absolute Gasteiger partial charge is 0.333 e. The first kappa shape index (κ1) is 16.6. The molecule has 3 aromatic rings. The third-order valence-electron chi connectivity index (χ3n) is 3.94. The molecule has 1 heterocycles. The van der Waals surface area contributed by atoms with Crippen molar-refractivity contribution in [1.29, 1.82) is 0 Å². The van der Waals surface area contributed by atoms with Crippen molar-refractivity contribution in [2.45, 2.75) is 31.8 Å². The molecule has 2 aromatic carbocycles. The van der Waals surface area contributed by atoms with Crippen LogP contribution in [-0.4, -0.2) is 21.6 Å². The molecule has 0 aliphatic carbocycles. The van der Waals surface area contributed by atoms with Crippen LogP contribution in [0.15, 0.2) is 47.6 Å². The van der Waals surface area contributed by atoms with E-state index in [1.54, 1.807) is 11.8 Å².